The smallest absolute Gasteiger partial charge is 0.211 e. The zero-order chi connectivity index (χ0) is 4.99. The van der Waals surface area contributed by atoms with E-state index in [1.807, 2.05) is 0 Å². The molecule has 6 heavy (non-hydrogen) atoms. The molecule has 0 unspecified atom stereocenters. The van der Waals surface area contributed by atoms with Gasteiger partial charge in [-0.25, -0.2) is 4.79 Å². The van der Waals surface area contributed by atoms with Crippen LogP contribution in [-0.4, -0.2) is 6.08 Å². The van der Waals surface area contributed by atoms with Gasteiger partial charge in [0.15, 0.2) is 0 Å². The van der Waals surface area contributed by atoms with Gasteiger partial charge in [-0.05, 0) is 13.5 Å². The minimum absolute atomic E-state index is 0.241. The molecule has 0 heterocycles. The molecule has 0 atom stereocenters. The first-order valence-electron chi connectivity index (χ1n) is 1.44. The van der Waals surface area contributed by atoms with E-state index in [1.54, 1.807) is 0 Å². The predicted octanol–water partition coefficient (Wildman–Crippen LogP) is 0.659. The van der Waals surface area contributed by atoms with Crippen molar-refractivity contribution < 1.29 is 4.79 Å². The van der Waals surface area contributed by atoms with Crippen molar-refractivity contribution in [1.82, 2.24) is 0 Å². The standard InChI is InChI=1S/C4H4NO/c1-4(2)5-3-6/h1H,2H3. The van der Waals surface area contributed by atoms with Crippen LogP contribution in [-0.2, 0) is 4.79 Å². The Hall–Kier alpha value is -0.880. The normalized spacial score (nSPS) is 6.17. The van der Waals surface area contributed by atoms with Crippen molar-refractivity contribution in [1.29, 1.82) is 0 Å². The molecule has 0 aliphatic rings. The minimum Gasteiger partial charge on any atom is -0.211 e. The minimum atomic E-state index is 0.241. The molecule has 0 fully saturated rings. The molecule has 0 rings (SSSR count). The maximum Gasteiger partial charge on any atom is 0.240 e. The van der Waals surface area contributed by atoms with Gasteiger partial charge < -0.3 is 0 Å². The van der Waals surface area contributed by atoms with E-state index in [2.05, 4.69) is 4.99 Å². The summed E-state index contributed by atoms with van der Waals surface area (Å²) >= 11 is 0. The van der Waals surface area contributed by atoms with Crippen molar-refractivity contribution in [2.45, 2.75) is 6.92 Å². The van der Waals surface area contributed by atoms with E-state index in [1.165, 1.54) is 13.0 Å². The van der Waals surface area contributed by atoms with Gasteiger partial charge >= 0.3 is 0 Å². The first kappa shape index (κ1) is 5.12. The highest BCUT2D eigenvalue weighted by Crippen LogP contribution is 1.80. The average Bonchev–Trinajstić information content (AvgIpc) is 1.35. The summed E-state index contributed by atoms with van der Waals surface area (Å²) in [5, 5.41) is 0. The molecule has 0 saturated carbocycles. The number of isocyanates is 1. The molecular weight excluding hydrogens is 78.0 g/mol. The summed E-state index contributed by atoms with van der Waals surface area (Å²) in [6, 6.07) is 0. The van der Waals surface area contributed by atoms with E-state index in [4.69, 9.17) is 6.58 Å². The third-order valence-electron chi connectivity index (χ3n) is 0.222. The molecule has 0 aliphatic heterocycles. The molecule has 0 aromatic heterocycles. The average molecular weight is 82.1 g/mol. The Morgan fingerprint density at radius 3 is 2.50 bits per heavy atom. The van der Waals surface area contributed by atoms with Crippen LogP contribution < -0.4 is 0 Å². The van der Waals surface area contributed by atoms with E-state index in [0.29, 0.717) is 0 Å². The highest BCUT2D eigenvalue weighted by Gasteiger charge is 1.66. The van der Waals surface area contributed by atoms with Gasteiger partial charge in [0.2, 0.25) is 6.08 Å². The Balaban J connectivity index is 3.60. The van der Waals surface area contributed by atoms with Gasteiger partial charge in [0, 0.05) is 0 Å². The highest BCUT2D eigenvalue weighted by molar-refractivity contribution is 5.35. The summed E-state index contributed by atoms with van der Waals surface area (Å²) in [5.41, 5.74) is 0.241. The van der Waals surface area contributed by atoms with Crippen molar-refractivity contribution in [2.24, 2.45) is 4.99 Å². The van der Waals surface area contributed by atoms with E-state index in [9.17, 15) is 4.79 Å². The Morgan fingerprint density at radius 1 is 2.00 bits per heavy atom. The van der Waals surface area contributed by atoms with Crippen LogP contribution >= 0.6 is 0 Å². The number of carbonyl (C=O) groups excluding carboxylic acids is 1. The molecule has 0 aromatic carbocycles. The third kappa shape index (κ3) is 3.12. The number of allylic oxidation sites excluding steroid dienone is 1. The maximum absolute atomic E-state index is 9.22. The lowest BCUT2D eigenvalue weighted by Gasteiger charge is -1.69. The zero-order valence-electron chi connectivity index (χ0n) is 3.43. The van der Waals surface area contributed by atoms with E-state index in [0.717, 1.165) is 0 Å². The Bertz CT molecular complexity index is 100. The summed E-state index contributed by atoms with van der Waals surface area (Å²) in [6.45, 7) is 6.41. The second kappa shape index (κ2) is 2.36. The van der Waals surface area contributed by atoms with Crippen LogP contribution in [0.2, 0.25) is 0 Å². The molecule has 0 amide bonds. The molecule has 31 valence electrons. The van der Waals surface area contributed by atoms with Crippen molar-refractivity contribution in [2.75, 3.05) is 0 Å². The maximum atomic E-state index is 9.22. The van der Waals surface area contributed by atoms with Crippen LogP contribution in [0.1, 0.15) is 6.92 Å². The quantitative estimate of drug-likeness (QED) is 0.337. The molecule has 0 bridgehead atoms. The number of nitrogens with zero attached hydrogens (tertiary/aromatic N) is 1. The second-order valence-electron chi connectivity index (χ2n) is 0.844. The van der Waals surface area contributed by atoms with Gasteiger partial charge in [0.25, 0.3) is 0 Å². The van der Waals surface area contributed by atoms with E-state index in [-0.39, 0.29) is 5.70 Å². The van der Waals surface area contributed by atoms with Crippen molar-refractivity contribution in [3.63, 3.8) is 0 Å². The molecular formula is C4H4NO. The molecule has 1 radical (unpaired) electrons. The largest absolute Gasteiger partial charge is 0.240 e. The Kier molecular flexibility index (Phi) is 2.02. The predicted molar refractivity (Wildman–Crippen MR) is 21.6 cm³/mol. The first-order valence-corrected chi connectivity index (χ1v) is 1.44. The lowest BCUT2D eigenvalue weighted by atomic mass is 10.6. The number of hydrogen-bond acceptors (Lipinski definition) is 2. The molecule has 0 aromatic rings. The van der Waals surface area contributed by atoms with Gasteiger partial charge in [0.1, 0.15) is 0 Å². The lowest BCUT2D eigenvalue weighted by molar-refractivity contribution is 0.564. The molecule has 0 spiro atoms. The van der Waals surface area contributed by atoms with E-state index >= 15 is 0 Å². The van der Waals surface area contributed by atoms with Crippen LogP contribution in [0, 0.1) is 6.58 Å². The van der Waals surface area contributed by atoms with Crippen molar-refractivity contribution in [3.8, 4) is 0 Å². The van der Waals surface area contributed by atoms with Gasteiger partial charge in [0.05, 0.1) is 5.70 Å². The van der Waals surface area contributed by atoms with Crippen LogP contribution in [0.5, 0.6) is 0 Å². The van der Waals surface area contributed by atoms with E-state index < -0.39 is 0 Å². The van der Waals surface area contributed by atoms with Crippen molar-refractivity contribution in [3.05, 3.63) is 12.3 Å². The fraction of sp³-hybridized carbons (Fsp3) is 0.250. The molecule has 2 nitrogen and oxygen atoms in total. The zero-order valence-corrected chi connectivity index (χ0v) is 3.43. The lowest BCUT2D eigenvalue weighted by Crippen LogP contribution is -1.56. The van der Waals surface area contributed by atoms with Crippen molar-refractivity contribution >= 4 is 6.08 Å². The number of aliphatic imine (C=N–C) groups is 1. The molecule has 0 aliphatic carbocycles. The number of rotatable bonds is 1. The summed E-state index contributed by atoms with van der Waals surface area (Å²) in [4.78, 5) is 12.2. The fourth-order valence-electron chi connectivity index (χ4n) is 0.0720. The fourth-order valence-corrected chi connectivity index (χ4v) is 0.0720. The third-order valence-corrected chi connectivity index (χ3v) is 0.222. The first-order chi connectivity index (χ1) is 2.77. The highest BCUT2D eigenvalue weighted by atomic mass is 16.1. The summed E-state index contributed by atoms with van der Waals surface area (Å²) in [6.07, 6.45) is 1.28. The Labute approximate surface area is 36.2 Å². The summed E-state index contributed by atoms with van der Waals surface area (Å²) < 4.78 is 0. The monoisotopic (exact) mass is 82.0 g/mol. The second-order valence-corrected chi connectivity index (χ2v) is 0.844. The van der Waals surface area contributed by atoms with Gasteiger partial charge in [-0.3, -0.25) is 0 Å². The topological polar surface area (TPSA) is 29.4 Å². The van der Waals surface area contributed by atoms with Gasteiger partial charge in [-0.15, -0.1) is 0 Å². The molecule has 0 N–H and O–H groups in total. The molecule has 2 heteroatoms. The summed E-state index contributed by atoms with van der Waals surface area (Å²) in [5.74, 6) is 0. The van der Waals surface area contributed by atoms with Crippen LogP contribution in [0.3, 0.4) is 0 Å². The Morgan fingerprint density at radius 2 is 2.50 bits per heavy atom. The van der Waals surface area contributed by atoms with Gasteiger partial charge in [-0.1, -0.05) is 0 Å². The summed E-state index contributed by atoms with van der Waals surface area (Å²) in [7, 11) is 0. The SMILES string of the molecule is [CH]=C(C)N=C=O. The number of hydrogen-bond donors (Lipinski definition) is 0. The van der Waals surface area contributed by atoms with Crippen LogP contribution in [0.15, 0.2) is 10.7 Å². The van der Waals surface area contributed by atoms with Crippen LogP contribution in [0.25, 0.3) is 0 Å². The van der Waals surface area contributed by atoms with Gasteiger partial charge in [-0.2, -0.15) is 4.99 Å². The van der Waals surface area contributed by atoms with Crippen LogP contribution in [0.4, 0.5) is 0 Å². The molecule has 0 saturated heterocycles.